The Bertz CT molecular complexity index is 1070. The summed E-state index contributed by atoms with van der Waals surface area (Å²) in [7, 11) is -0.933. The second-order valence-electron chi connectivity index (χ2n) is 6.70. The van der Waals surface area contributed by atoms with Gasteiger partial charge in [-0.15, -0.1) is 0 Å². The lowest BCUT2D eigenvalue weighted by Gasteiger charge is -2.12. The lowest BCUT2D eigenvalue weighted by atomic mass is 10.2. The van der Waals surface area contributed by atoms with Gasteiger partial charge in [0, 0.05) is 19.7 Å². The van der Waals surface area contributed by atoms with Gasteiger partial charge in [-0.1, -0.05) is 18.2 Å². The topological polar surface area (TPSA) is 134 Å². The van der Waals surface area contributed by atoms with Gasteiger partial charge in [-0.25, -0.2) is 12.7 Å². The van der Waals surface area contributed by atoms with Gasteiger partial charge in [-0.3, -0.25) is 25.2 Å². The molecule has 0 bridgehead atoms. The first-order chi connectivity index (χ1) is 14.6. The first-order valence-corrected chi connectivity index (χ1v) is 10.6. The van der Waals surface area contributed by atoms with Gasteiger partial charge in [-0.05, 0) is 42.8 Å². The van der Waals surface area contributed by atoms with Crippen LogP contribution in [-0.4, -0.2) is 57.7 Å². The molecule has 0 spiro atoms. The predicted octanol–water partition coefficient (Wildman–Crippen LogP) is 0.202. The molecular weight excluding hydrogens is 424 g/mol. The Kier molecular flexibility index (Phi) is 8.11. The summed E-state index contributed by atoms with van der Waals surface area (Å²) in [6.45, 7) is 1.16. The fourth-order valence-electron chi connectivity index (χ4n) is 2.34. The van der Waals surface area contributed by atoms with Crippen LogP contribution in [0.1, 0.15) is 15.9 Å². The fraction of sp³-hybridized carbons (Fsp3) is 0.250. The summed E-state index contributed by atoms with van der Waals surface area (Å²) in [5.41, 5.74) is 5.38. The summed E-state index contributed by atoms with van der Waals surface area (Å²) in [5, 5.41) is 2.35. The highest BCUT2D eigenvalue weighted by Crippen LogP contribution is 2.15. The van der Waals surface area contributed by atoms with Gasteiger partial charge in [0.15, 0.2) is 6.61 Å². The lowest BCUT2D eigenvalue weighted by molar-refractivity contribution is -0.129. The molecule has 0 aliphatic rings. The van der Waals surface area contributed by atoms with E-state index in [4.69, 9.17) is 4.74 Å². The Morgan fingerprint density at radius 1 is 0.968 bits per heavy atom. The van der Waals surface area contributed by atoms with Crippen LogP contribution in [0.15, 0.2) is 53.4 Å². The molecule has 3 amide bonds. The van der Waals surface area contributed by atoms with Crippen LogP contribution in [0.25, 0.3) is 0 Å². The summed E-state index contributed by atoms with van der Waals surface area (Å²) < 4.78 is 30.7. The van der Waals surface area contributed by atoms with Gasteiger partial charge in [0.25, 0.3) is 17.7 Å². The van der Waals surface area contributed by atoms with Crippen LogP contribution in [0.4, 0.5) is 0 Å². The van der Waals surface area contributed by atoms with Gasteiger partial charge in [-0.2, -0.15) is 0 Å². The average molecular weight is 449 g/mol. The van der Waals surface area contributed by atoms with E-state index in [0.717, 1.165) is 9.87 Å². The number of benzene rings is 2. The molecule has 0 heterocycles. The largest absolute Gasteiger partial charge is 0.484 e. The van der Waals surface area contributed by atoms with Crippen molar-refractivity contribution in [2.45, 2.75) is 11.8 Å². The standard InChI is InChI=1S/C20H24N4O6S/c1-14-6-4-8-16(10-14)30-13-19(26)23-22-18(25)12-21-20(27)15-7-5-9-17(11-15)31(28,29)24(2)3/h4-11H,12-13H2,1-3H3,(H,21,27)(H,22,25)(H,23,26). The molecule has 0 atom stereocenters. The Balaban J connectivity index is 1.79. The van der Waals surface area contributed by atoms with Crippen molar-refractivity contribution in [2.24, 2.45) is 0 Å². The minimum Gasteiger partial charge on any atom is -0.484 e. The number of nitrogens with one attached hydrogen (secondary N) is 3. The van der Waals surface area contributed by atoms with Gasteiger partial charge in [0.1, 0.15) is 5.75 Å². The smallest absolute Gasteiger partial charge is 0.276 e. The third-order valence-electron chi connectivity index (χ3n) is 3.99. The first kappa shape index (κ1) is 23.8. The Morgan fingerprint density at radius 2 is 1.65 bits per heavy atom. The lowest BCUT2D eigenvalue weighted by Crippen LogP contribution is -2.47. The molecule has 0 radical (unpaired) electrons. The molecule has 0 fully saturated rings. The van der Waals surface area contributed by atoms with Crippen molar-refractivity contribution in [1.29, 1.82) is 0 Å². The second kappa shape index (κ2) is 10.5. The van der Waals surface area contributed by atoms with Crippen LogP contribution in [0.5, 0.6) is 5.75 Å². The summed E-state index contributed by atoms with van der Waals surface area (Å²) >= 11 is 0. The van der Waals surface area contributed by atoms with E-state index < -0.39 is 34.3 Å². The number of hydrogen-bond donors (Lipinski definition) is 3. The molecule has 0 saturated heterocycles. The number of ether oxygens (including phenoxy) is 1. The molecule has 3 N–H and O–H groups in total. The van der Waals surface area contributed by atoms with E-state index in [-0.39, 0.29) is 17.1 Å². The van der Waals surface area contributed by atoms with Crippen molar-refractivity contribution >= 4 is 27.7 Å². The third-order valence-corrected chi connectivity index (χ3v) is 5.80. The predicted molar refractivity (Wildman–Crippen MR) is 113 cm³/mol. The van der Waals surface area contributed by atoms with E-state index in [1.54, 1.807) is 18.2 Å². The number of rotatable bonds is 8. The minimum absolute atomic E-state index is 0.0459. The number of carbonyl (C=O) groups is 3. The molecular formula is C20H24N4O6S. The SMILES string of the molecule is Cc1cccc(OCC(=O)NNC(=O)CNC(=O)c2cccc(S(=O)(=O)N(C)C)c2)c1. The van der Waals surface area contributed by atoms with E-state index in [1.807, 2.05) is 13.0 Å². The maximum absolute atomic E-state index is 12.2. The molecule has 31 heavy (non-hydrogen) atoms. The van der Waals surface area contributed by atoms with Gasteiger partial charge in [0.2, 0.25) is 10.0 Å². The number of hydrogen-bond acceptors (Lipinski definition) is 6. The van der Waals surface area contributed by atoms with Gasteiger partial charge in [0.05, 0.1) is 11.4 Å². The van der Waals surface area contributed by atoms with E-state index in [0.29, 0.717) is 5.75 Å². The summed E-state index contributed by atoms with van der Waals surface area (Å²) in [6.07, 6.45) is 0. The number of sulfonamides is 1. The van der Waals surface area contributed by atoms with E-state index in [1.165, 1.54) is 38.4 Å². The van der Waals surface area contributed by atoms with Gasteiger partial charge >= 0.3 is 0 Å². The molecule has 0 saturated carbocycles. The minimum atomic E-state index is -3.70. The zero-order chi connectivity index (χ0) is 23.0. The molecule has 0 aliphatic heterocycles. The van der Waals surface area contributed by atoms with Gasteiger partial charge < -0.3 is 10.1 Å². The van der Waals surface area contributed by atoms with Crippen LogP contribution >= 0.6 is 0 Å². The van der Waals surface area contributed by atoms with Crippen LogP contribution in [0.2, 0.25) is 0 Å². The number of aryl methyl sites for hydroxylation is 1. The highest BCUT2D eigenvalue weighted by Gasteiger charge is 2.19. The van der Waals surface area contributed by atoms with E-state index in [9.17, 15) is 22.8 Å². The third kappa shape index (κ3) is 7.08. The highest BCUT2D eigenvalue weighted by atomic mass is 32.2. The molecule has 2 rings (SSSR count). The average Bonchev–Trinajstić information content (AvgIpc) is 2.74. The van der Waals surface area contributed by atoms with Crippen LogP contribution in [-0.2, 0) is 19.6 Å². The first-order valence-electron chi connectivity index (χ1n) is 9.17. The van der Waals surface area contributed by atoms with Crippen molar-refractivity contribution in [1.82, 2.24) is 20.5 Å². The molecule has 10 nitrogen and oxygen atoms in total. The molecule has 0 aliphatic carbocycles. The Labute approximate surface area is 180 Å². The molecule has 0 aromatic heterocycles. The number of nitrogens with zero attached hydrogens (tertiary/aromatic N) is 1. The summed E-state index contributed by atoms with van der Waals surface area (Å²) in [4.78, 5) is 35.8. The molecule has 2 aromatic rings. The molecule has 166 valence electrons. The number of carbonyl (C=O) groups excluding carboxylic acids is 3. The molecule has 11 heteroatoms. The quantitative estimate of drug-likeness (QED) is 0.494. The monoisotopic (exact) mass is 448 g/mol. The zero-order valence-electron chi connectivity index (χ0n) is 17.3. The maximum atomic E-state index is 12.2. The highest BCUT2D eigenvalue weighted by molar-refractivity contribution is 7.89. The summed E-state index contributed by atoms with van der Waals surface area (Å²) in [6, 6.07) is 12.6. The Hall–Kier alpha value is -3.44. The van der Waals surface area contributed by atoms with Crippen molar-refractivity contribution in [3.05, 3.63) is 59.7 Å². The van der Waals surface area contributed by atoms with Crippen LogP contribution in [0, 0.1) is 6.92 Å². The number of hydrazine groups is 1. The molecule has 2 aromatic carbocycles. The van der Waals surface area contributed by atoms with Crippen LogP contribution in [0.3, 0.4) is 0 Å². The Morgan fingerprint density at radius 3 is 2.32 bits per heavy atom. The normalized spacial score (nSPS) is 11.0. The van der Waals surface area contributed by atoms with Crippen molar-refractivity contribution in [3.63, 3.8) is 0 Å². The van der Waals surface area contributed by atoms with E-state index >= 15 is 0 Å². The van der Waals surface area contributed by atoms with Crippen molar-refractivity contribution < 1.29 is 27.5 Å². The van der Waals surface area contributed by atoms with Crippen molar-refractivity contribution in [2.75, 3.05) is 27.2 Å². The zero-order valence-corrected chi connectivity index (χ0v) is 18.2. The van der Waals surface area contributed by atoms with Crippen molar-refractivity contribution in [3.8, 4) is 5.75 Å². The second-order valence-corrected chi connectivity index (χ2v) is 8.85. The van der Waals surface area contributed by atoms with Crippen LogP contribution < -0.4 is 20.9 Å². The summed E-state index contributed by atoms with van der Waals surface area (Å²) in [5.74, 6) is -1.37. The molecule has 0 unspecified atom stereocenters. The number of amides is 3. The van der Waals surface area contributed by atoms with E-state index in [2.05, 4.69) is 16.2 Å². The maximum Gasteiger partial charge on any atom is 0.276 e. The fourth-order valence-corrected chi connectivity index (χ4v) is 3.29.